The number of carbonyl (C=O) groups is 1. The zero-order valence-corrected chi connectivity index (χ0v) is 19.2. The van der Waals surface area contributed by atoms with Gasteiger partial charge in [-0.2, -0.15) is 10.1 Å². The quantitative estimate of drug-likeness (QED) is 0.336. The summed E-state index contributed by atoms with van der Waals surface area (Å²) in [7, 11) is 0. The van der Waals surface area contributed by atoms with Gasteiger partial charge in [0.2, 0.25) is 17.6 Å². The second-order valence-corrected chi connectivity index (χ2v) is 8.21. The zero-order valence-electron chi connectivity index (χ0n) is 19.2. The summed E-state index contributed by atoms with van der Waals surface area (Å²) in [6.45, 7) is 1.18. The lowest BCUT2D eigenvalue weighted by molar-refractivity contribution is -0.121. The topological polar surface area (TPSA) is 85.8 Å². The van der Waals surface area contributed by atoms with Crippen LogP contribution in [0.25, 0.3) is 22.5 Å². The Hall–Kier alpha value is -4.52. The molecule has 0 saturated carbocycles. The van der Waals surface area contributed by atoms with E-state index in [9.17, 15) is 4.79 Å². The van der Waals surface area contributed by atoms with Crippen LogP contribution in [0.5, 0.6) is 0 Å². The molecule has 7 nitrogen and oxygen atoms in total. The summed E-state index contributed by atoms with van der Waals surface area (Å²) in [4.78, 5) is 16.9. The Balaban J connectivity index is 1.17. The van der Waals surface area contributed by atoms with Gasteiger partial charge < -0.3 is 9.84 Å². The fourth-order valence-corrected chi connectivity index (χ4v) is 3.89. The fraction of sp³-hybridized carbons (Fsp3) is 0.143. The van der Waals surface area contributed by atoms with Crippen LogP contribution in [-0.4, -0.2) is 25.8 Å². The van der Waals surface area contributed by atoms with E-state index in [4.69, 9.17) is 4.52 Å². The van der Waals surface area contributed by atoms with Gasteiger partial charge >= 0.3 is 0 Å². The average molecular weight is 464 g/mol. The first-order valence-electron chi connectivity index (χ1n) is 11.5. The second kappa shape index (κ2) is 10.6. The van der Waals surface area contributed by atoms with Gasteiger partial charge in [-0.15, -0.1) is 0 Å². The van der Waals surface area contributed by atoms with E-state index in [1.54, 1.807) is 6.20 Å². The normalized spacial score (nSPS) is 10.9. The molecule has 1 N–H and O–H groups in total. The molecular formula is C28H25N5O2. The number of amides is 1. The van der Waals surface area contributed by atoms with E-state index < -0.39 is 0 Å². The molecule has 5 rings (SSSR count). The Morgan fingerprint density at radius 3 is 2.49 bits per heavy atom. The third-order valence-electron chi connectivity index (χ3n) is 5.73. The molecule has 35 heavy (non-hydrogen) atoms. The van der Waals surface area contributed by atoms with Crippen molar-refractivity contribution >= 4 is 5.91 Å². The van der Waals surface area contributed by atoms with Crippen molar-refractivity contribution in [2.75, 3.05) is 0 Å². The molecule has 3 aromatic carbocycles. The van der Waals surface area contributed by atoms with Crippen molar-refractivity contribution in [3.8, 4) is 22.5 Å². The molecule has 0 aliphatic heterocycles. The number of aryl methyl sites for hydroxylation is 1. The summed E-state index contributed by atoms with van der Waals surface area (Å²) >= 11 is 0. The van der Waals surface area contributed by atoms with Crippen molar-refractivity contribution < 1.29 is 9.32 Å². The first kappa shape index (κ1) is 22.3. The zero-order chi connectivity index (χ0) is 23.9. The monoisotopic (exact) mass is 463 g/mol. The maximum absolute atomic E-state index is 12.5. The SMILES string of the molecule is O=C(CCc1nc(-c2ccccc2)no1)NCc1ccccc1-c1ccc(Cn2cccn2)cc1. The van der Waals surface area contributed by atoms with E-state index in [-0.39, 0.29) is 12.3 Å². The Labute approximate surface area is 203 Å². The Bertz CT molecular complexity index is 1380. The van der Waals surface area contributed by atoms with Gasteiger partial charge in [-0.1, -0.05) is 84.0 Å². The Kier molecular flexibility index (Phi) is 6.75. The smallest absolute Gasteiger partial charge is 0.227 e. The van der Waals surface area contributed by atoms with Gasteiger partial charge in [-0.3, -0.25) is 9.48 Å². The van der Waals surface area contributed by atoms with Gasteiger partial charge in [0.25, 0.3) is 0 Å². The maximum Gasteiger partial charge on any atom is 0.227 e. The minimum Gasteiger partial charge on any atom is -0.352 e. The molecule has 0 fully saturated rings. The summed E-state index contributed by atoms with van der Waals surface area (Å²) in [5.41, 5.74) is 5.34. The van der Waals surface area contributed by atoms with E-state index in [0.717, 1.165) is 28.8 Å². The molecule has 0 saturated heterocycles. The third kappa shape index (κ3) is 5.70. The number of nitrogens with one attached hydrogen (secondary N) is 1. The van der Waals surface area contributed by atoms with Crippen molar-refractivity contribution in [3.05, 3.63) is 114 Å². The first-order valence-corrected chi connectivity index (χ1v) is 11.5. The predicted octanol–water partition coefficient (Wildman–Crippen LogP) is 4.90. The van der Waals surface area contributed by atoms with E-state index >= 15 is 0 Å². The van der Waals surface area contributed by atoms with Crippen LogP contribution >= 0.6 is 0 Å². The van der Waals surface area contributed by atoms with Crippen molar-refractivity contribution in [2.24, 2.45) is 0 Å². The molecule has 2 aromatic heterocycles. The summed E-state index contributed by atoms with van der Waals surface area (Å²) in [5.74, 6) is 0.925. The lowest BCUT2D eigenvalue weighted by atomic mass is 9.98. The third-order valence-corrected chi connectivity index (χ3v) is 5.73. The highest BCUT2D eigenvalue weighted by molar-refractivity contribution is 5.76. The molecule has 0 aliphatic rings. The van der Waals surface area contributed by atoms with Crippen LogP contribution in [-0.2, 0) is 24.3 Å². The van der Waals surface area contributed by atoms with Crippen molar-refractivity contribution in [1.29, 1.82) is 0 Å². The van der Waals surface area contributed by atoms with E-state index in [1.807, 2.05) is 65.5 Å². The van der Waals surface area contributed by atoms with Crippen LogP contribution in [0.2, 0.25) is 0 Å². The largest absolute Gasteiger partial charge is 0.352 e. The summed E-state index contributed by atoms with van der Waals surface area (Å²) in [6.07, 6.45) is 4.40. The van der Waals surface area contributed by atoms with Crippen LogP contribution in [0.1, 0.15) is 23.4 Å². The number of hydrogen-bond donors (Lipinski definition) is 1. The molecule has 0 radical (unpaired) electrons. The van der Waals surface area contributed by atoms with E-state index in [2.05, 4.69) is 50.9 Å². The molecule has 5 aromatic rings. The van der Waals surface area contributed by atoms with Crippen LogP contribution in [0.3, 0.4) is 0 Å². The molecule has 174 valence electrons. The van der Waals surface area contributed by atoms with E-state index in [0.29, 0.717) is 24.7 Å². The summed E-state index contributed by atoms with van der Waals surface area (Å²) in [6, 6.07) is 28.1. The Morgan fingerprint density at radius 2 is 1.69 bits per heavy atom. The molecule has 2 heterocycles. The maximum atomic E-state index is 12.5. The van der Waals surface area contributed by atoms with E-state index in [1.165, 1.54) is 5.56 Å². The molecule has 0 atom stereocenters. The minimum atomic E-state index is -0.0613. The summed E-state index contributed by atoms with van der Waals surface area (Å²) in [5, 5.41) is 11.3. The van der Waals surface area contributed by atoms with Crippen LogP contribution < -0.4 is 5.32 Å². The number of nitrogens with zero attached hydrogens (tertiary/aromatic N) is 4. The highest BCUT2D eigenvalue weighted by Gasteiger charge is 2.11. The average Bonchev–Trinajstić information content (AvgIpc) is 3.60. The van der Waals surface area contributed by atoms with Gasteiger partial charge in [0.05, 0.1) is 6.54 Å². The number of aromatic nitrogens is 4. The van der Waals surface area contributed by atoms with Crippen molar-refractivity contribution in [3.63, 3.8) is 0 Å². The standard InChI is InChI=1S/C28H25N5O2/c34-26(15-16-27-31-28(32-35-27)23-7-2-1-3-8-23)29-19-24-9-4-5-10-25(24)22-13-11-21(12-14-22)20-33-18-6-17-30-33/h1-14,17-18H,15-16,19-20H2,(H,29,34). The Morgan fingerprint density at radius 1 is 0.886 bits per heavy atom. The molecule has 7 heteroatoms. The fourth-order valence-electron chi connectivity index (χ4n) is 3.89. The van der Waals surface area contributed by atoms with Gasteiger partial charge in [0, 0.05) is 37.3 Å². The summed E-state index contributed by atoms with van der Waals surface area (Å²) < 4.78 is 7.20. The number of carbonyl (C=O) groups excluding carboxylic acids is 1. The number of rotatable bonds is 9. The lowest BCUT2D eigenvalue weighted by Gasteiger charge is -2.12. The van der Waals surface area contributed by atoms with Crippen LogP contribution in [0, 0.1) is 0 Å². The molecule has 0 bridgehead atoms. The lowest BCUT2D eigenvalue weighted by Crippen LogP contribution is -2.23. The van der Waals surface area contributed by atoms with Gasteiger partial charge in [0.15, 0.2) is 0 Å². The van der Waals surface area contributed by atoms with Crippen molar-refractivity contribution in [2.45, 2.75) is 25.9 Å². The molecule has 0 spiro atoms. The number of benzene rings is 3. The molecular weight excluding hydrogens is 438 g/mol. The minimum absolute atomic E-state index is 0.0613. The molecule has 0 unspecified atom stereocenters. The van der Waals surface area contributed by atoms with Gasteiger partial charge in [-0.25, -0.2) is 0 Å². The number of hydrogen-bond acceptors (Lipinski definition) is 5. The highest BCUT2D eigenvalue weighted by Crippen LogP contribution is 2.24. The highest BCUT2D eigenvalue weighted by atomic mass is 16.5. The van der Waals surface area contributed by atoms with Crippen molar-refractivity contribution in [1.82, 2.24) is 25.2 Å². The van der Waals surface area contributed by atoms with Crippen LogP contribution in [0.4, 0.5) is 0 Å². The molecule has 1 amide bonds. The predicted molar refractivity (Wildman–Crippen MR) is 133 cm³/mol. The van der Waals surface area contributed by atoms with Crippen LogP contribution in [0.15, 0.2) is 102 Å². The second-order valence-electron chi connectivity index (χ2n) is 8.21. The van der Waals surface area contributed by atoms with Gasteiger partial charge in [0.1, 0.15) is 0 Å². The molecule has 0 aliphatic carbocycles. The van der Waals surface area contributed by atoms with Gasteiger partial charge in [-0.05, 0) is 28.3 Å². The first-order chi connectivity index (χ1) is 17.2.